The van der Waals surface area contributed by atoms with Crippen molar-refractivity contribution >= 4 is 29.5 Å². The van der Waals surface area contributed by atoms with E-state index >= 15 is 0 Å². The third-order valence-corrected chi connectivity index (χ3v) is 3.30. The van der Waals surface area contributed by atoms with Gasteiger partial charge >= 0.3 is 5.97 Å². The Morgan fingerprint density at radius 3 is 2.29 bits per heavy atom. The summed E-state index contributed by atoms with van der Waals surface area (Å²) in [5.41, 5.74) is 0.897. The lowest BCUT2D eigenvalue weighted by atomic mass is 10.2. The molecule has 0 aromatic heterocycles. The standard InChI is InChI=1S/C13H15FN2O4S/c14-10-3-1-9(2-4-10)7-21-8-12(18)15-5-11(17)16-6-13(19)20/h1-4H,5-8H2,(H,15,18)(H,16,17)(H,19,20). The van der Waals surface area contributed by atoms with Gasteiger partial charge in [-0.15, -0.1) is 11.8 Å². The molecule has 21 heavy (non-hydrogen) atoms. The van der Waals surface area contributed by atoms with E-state index in [0.717, 1.165) is 5.56 Å². The molecule has 0 saturated carbocycles. The van der Waals surface area contributed by atoms with Crippen molar-refractivity contribution in [2.24, 2.45) is 0 Å². The Hall–Kier alpha value is -2.09. The molecule has 0 heterocycles. The van der Waals surface area contributed by atoms with Gasteiger partial charge in [0.25, 0.3) is 0 Å². The number of halogens is 1. The normalized spacial score (nSPS) is 9.95. The van der Waals surface area contributed by atoms with Crippen molar-refractivity contribution in [3.63, 3.8) is 0 Å². The number of carboxylic acids is 1. The minimum Gasteiger partial charge on any atom is -0.480 e. The molecule has 3 N–H and O–H groups in total. The van der Waals surface area contributed by atoms with Crippen LogP contribution in [0, 0.1) is 5.82 Å². The highest BCUT2D eigenvalue weighted by Crippen LogP contribution is 2.12. The summed E-state index contributed by atoms with van der Waals surface area (Å²) in [6.07, 6.45) is 0. The Bertz CT molecular complexity index is 507. The summed E-state index contributed by atoms with van der Waals surface area (Å²) in [6.45, 7) is -0.739. The molecule has 0 aliphatic carbocycles. The maximum atomic E-state index is 12.7. The van der Waals surface area contributed by atoms with Gasteiger partial charge in [0.15, 0.2) is 0 Å². The van der Waals surface area contributed by atoms with E-state index in [-0.39, 0.29) is 24.0 Å². The molecule has 8 heteroatoms. The van der Waals surface area contributed by atoms with Crippen LogP contribution in [0.1, 0.15) is 5.56 Å². The van der Waals surface area contributed by atoms with Crippen LogP contribution in [0.15, 0.2) is 24.3 Å². The van der Waals surface area contributed by atoms with Gasteiger partial charge < -0.3 is 15.7 Å². The molecule has 1 rings (SSSR count). The Morgan fingerprint density at radius 1 is 1.05 bits per heavy atom. The molecule has 0 fully saturated rings. The fourth-order valence-electron chi connectivity index (χ4n) is 1.31. The van der Waals surface area contributed by atoms with Crippen molar-refractivity contribution in [1.29, 1.82) is 0 Å². The molecule has 0 spiro atoms. The number of carbonyl (C=O) groups excluding carboxylic acids is 2. The number of aliphatic carboxylic acids is 1. The van der Waals surface area contributed by atoms with Gasteiger partial charge in [-0.1, -0.05) is 12.1 Å². The van der Waals surface area contributed by atoms with Gasteiger partial charge in [-0.3, -0.25) is 14.4 Å². The Labute approximate surface area is 125 Å². The summed E-state index contributed by atoms with van der Waals surface area (Å²) in [4.78, 5) is 32.8. The van der Waals surface area contributed by atoms with E-state index in [2.05, 4.69) is 10.6 Å². The number of carbonyl (C=O) groups is 3. The minimum absolute atomic E-state index is 0.156. The number of hydrogen-bond donors (Lipinski definition) is 3. The van der Waals surface area contributed by atoms with Gasteiger partial charge in [-0.2, -0.15) is 0 Å². The lowest BCUT2D eigenvalue weighted by Gasteiger charge is -2.05. The third-order valence-electron chi connectivity index (χ3n) is 2.30. The van der Waals surface area contributed by atoms with Crippen molar-refractivity contribution in [3.8, 4) is 0 Å². The molecule has 114 valence electrons. The Balaban J connectivity index is 2.15. The topological polar surface area (TPSA) is 95.5 Å². The van der Waals surface area contributed by atoms with Crippen molar-refractivity contribution in [2.75, 3.05) is 18.8 Å². The minimum atomic E-state index is -1.15. The number of hydrogen-bond acceptors (Lipinski definition) is 4. The van der Waals surface area contributed by atoms with Crippen LogP contribution in [0.5, 0.6) is 0 Å². The summed E-state index contributed by atoms with van der Waals surface area (Å²) in [7, 11) is 0. The van der Waals surface area contributed by atoms with E-state index in [1.54, 1.807) is 12.1 Å². The van der Waals surface area contributed by atoms with Gasteiger partial charge in [0.1, 0.15) is 12.4 Å². The lowest BCUT2D eigenvalue weighted by molar-refractivity contribution is -0.137. The van der Waals surface area contributed by atoms with Gasteiger partial charge in [-0.05, 0) is 17.7 Å². The maximum absolute atomic E-state index is 12.7. The first-order chi connectivity index (χ1) is 9.97. The van der Waals surface area contributed by atoms with Crippen LogP contribution >= 0.6 is 11.8 Å². The molecule has 0 unspecified atom stereocenters. The fourth-order valence-corrected chi connectivity index (χ4v) is 2.13. The second-order valence-electron chi connectivity index (χ2n) is 4.07. The van der Waals surface area contributed by atoms with Crippen LogP contribution in [0.2, 0.25) is 0 Å². The Kier molecular flexibility index (Phi) is 7.24. The molecule has 1 aromatic rings. The van der Waals surface area contributed by atoms with Crippen molar-refractivity contribution in [2.45, 2.75) is 5.75 Å². The van der Waals surface area contributed by atoms with Crippen LogP contribution in [-0.4, -0.2) is 41.7 Å². The zero-order valence-corrected chi connectivity index (χ0v) is 11.9. The zero-order chi connectivity index (χ0) is 15.7. The molecular formula is C13H15FN2O4S. The number of amides is 2. The van der Waals surface area contributed by atoms with Crippen LogP contribution in [0.25, 0.3) is 0 Å². The van der Waals surface area contributed by atoms with Gasteiger partial charge in [-0.25, -0.2) is 4.39 Å². The zero-order valence-electron chi connectivity index (χ0n) is 11.1. The quantitative estimate of drug-likeness (QED) is 0.644. The second kappa shape index (κ2) is 8.96. The van der Waals surface area contributed by atoms with E-state index in [4.69, 9.17) is 5.11 Å². The highest BCUT2D eigenvalue weighted by molar-refractivity contribution is 7.99. The molecule has 6 nitrogen and oxygen atoms in total. The average Bonchev–Trinajstić information content (AvgIpc) is 2.45. The summed E-state index contributed by atoms with van der Waals surface area (Å²) in [5, 5.41) is 12.9. The second-order valence-corrected chi connectivity index (χ2v) is 5.05. The first kappa shape index (κ1) is 17.0. The SMILES string of the molecule is O=C(O)CNC(=O)CNC(=O)CSCc1ccc(F)cc1. The molecule has 0 radical (unpaired) electrons. The predicted molar refractivity (Wildman–Crippen MR) is 76.2 cm³/mol. The van der Waals surface area contributed by atoms with Crippen molar-refractivity contribution < 1.29 is 23.9 Å². The van der Waals surface area contributed by atoms with Crippen LogP contribution in [-0.2, 0) is 20.1 Å². The molecule has 0 bridgehead atoms. The number of rotatable bonds is 8. The van der Waals surface area contributed by atoms with E-state index in [0.29, 0.717) is 5.75 Å². The largest absolute Gasteiger partial charge is 0.480 e. The predicted octanol–water partition coefficient (Wildman–Crippen LogP) is 0.376. The fraction of sp³-hybridized carbons (Fsp3) is 0.308. The van der Waals surface area contributed by atoms with Gasteiger partial charge in [0.2, 0.25) is 11.8 Å². The monoisotopic (exact) mass is 314 g/mol. The molecule has 2 amide bonds. The maximum Gasteiger partial charge on any atom is 0.322 e. The third kappa shape index (κ3) is 7.93. The lowest BCUT2D eigenvalue weighted by Crippen LogP contribution is -2.39. The number of benzene rings is 1. The average molecular weight is 314 g/mol. The van der Waals surface area contributed by atoms with Crippen molar-refractivity contribution in [3.05, 3.63) is 35.6 Å². The number of thioether (sulfide) groups is 1. The molecule has 0 aliphatic heterocycles. The first-order valence-corrected chi connectivity index (χ1v) is 7.20. The van der Waals surface area contributed by atoms with E-state index in [1.807, 2.05) is 0 Å². The molecular weight excluding hydrogens is 299 g/mol. The van der Waals surface area contributed by atoms with Crippen LogP contribution < -0.4 is 10.6 Å². The van der Waals surface area contributed by atoms with Crippen molar-refractivity contribution in [1.82, 2.24) is 10.6 Å². The van der Waals surface area contributed by atoms with E-state index in [1.165, 1.54) is 23.9 Å². The summed E-state index contributed by atoms with van der Waals surface area (Å²) < 4.78 is 12.7. The van der Waals surface area contributed by atoms with Crippen LogP contribution in [0.3, 0.4) is 0 Å². The smallest absolute Gasteiger partial charge is 0.322 e. The summed E-state index contributed by atoms with van der Waals surface area (Å²) in [5.74, 6) is -1.64. The molecule has 1 aromatic carbocycles. The first-order valence-electron chi connectivity index (χ1n) is 6.04. The molecule has 0 atom stereocenters. The van der Waals surface area contributed by atoms with E-state index < -0.39 is 18.4 Å². The highest BCUT2D eigenvalue weighted by atomic mass is 32.2. The molecule has 0 aliphatic rings. The molecule has 0 saturated heterocycles. The van der Waals surface area contributed by atoms with E-state index in [9.17, 15) is 18.8 Å². The van der Waals surface area contributed by atoms with Gasteiger partial charge in [0, 0.05) is 5.75 Å². The highest BCUT2D eigenvalue weighted by Gasteiger charge is 2.07. The number of nitrogens with one attached hydrogen (secondary N) is 2. The number of carboxylic acid groups (broad SMARTS) is 1. The summed E-state index contributed by atoms with van der Waals surface area (Å²) in [6, 6.07) is 5.98. The van der Waals surface area contributed by atoms with Gasteiger partial charge in [0.05, 0.1) is 12.3 Å². The Morgan fingerprint density at radius 2 is 1.67 bits per heavy atom. The summed E-state index contributed by atoms with van der Waals surface area (Å²) >= 11 is 1.33. The van der Waals surface area contributed by atoms with Crippen LogP contribution in [0.4, 0.5) is 4.39 Å².